The average molecular weight is 299 g/mol. The van der Waals surface area contributed by atoms with E-state index in [2.05, 4.69) is 0 Å². The maximum atomic E-state index is 11.0. The van der Waals surface area contributed by atoms with Crippen molar-refractivity contribution in [3.05, 3.63) is 38.9 Å². The molecule has 6 nitrogen and oxygen atoms in total. The predicted octanol–water partition coefficient (Wildman–Crippen LogP) is 2.69. The molecule has 20 heavy (non-hydrogen) atoms. The number of carboxylic acid groups (broad SMARTS) is 1. The quantitative estimate of drug-likeness (QED) is 0.618. The molecule has 1 aliphatic rings. The van der Waals surface area contributed by atoms with E-state index >= 15 is 0 Å². The molecule has 0 atom stereocenters. The van der Waals surface area contributed by atoms with Gasteiger partial charge in [0.05, 0.1) is 11.3 Å². The molecule has 7 heteroatoms. The summed E-state index contributed by atoms with van der Waals surface area (Å²) in [4.78, 5) is 23.2. The summed E-state index contributed by atoms with van der Waals surface area (Å²) in [6.45, 7) is 0.783. The fourth-order valence-electron chi connectivity index (χ4n) is 2.13. The molecular weight excluding hydrogens is 284 g/mol. The van der Waals surface area contributed by atoms with Crippen LogP contribution in [-0.2, 0) is 11.3 Å². The number of carboxylic acids is 1. The number of hydrogen-bond donors (Lipinski definition) is 1. The maximum Gasteiger partial charge on any atom is 0.304 e. The molecule has 1 saturated carbocycles. The van der Waals surface area contributed by atoms with Gasteiger partial charge in [0.25, 0.3) is 5.69 Å². The number of aliphatic carboxylic acids is 1. The lowest BCUT2D eigenvalue weighted by Crippen LogP contribution is -2.28. The van der Waals surface area contributed by atoms with Crippen molar-refractivity contribution in [3.8, 4) is 0 Å². The van der Waals surface area contributed by atoms with Crippen LogP contribution in [0.1, 0.15) is 24.8 Å². The van der Waals surface area contributed by atoms with Gasteiger partial charge in [-0.05, 0) is 25.0 Å². The Hall–Kier alpha value is -1.66. The molecule has 1 fully saturated rings. The highest BCUT2D eigenvalue weighted by atomic mass is 35.5. The Bertz CT molecular complexity index is 531. The van der Waals surface area contributed by atoms with Gasteiger partial charge in [-0.2, -0.15) is 0 Å². The summed E-state index contributed by atoms with van der Waals surface area (Å²) in [5.41, 5.74) is 0.551. The first kappa shape index (κ1) is 14.7. The monoisotopic (exact) mass is 298 g/mol. The second-order valence-corrected chi connectivity index (χ2v) is 5.31. The molecule has 0 aliphatic heterocycles. The van der Waals surface area contributed by atoms with Gasteiger partial charge >= 0.3 is 5.97 Å². The van der Waals surface area contributed by atoms with Crippen LogP contribution in [0.3, 0.4) is 0 Å². The van der Waals surface area contributed by atoms with Crippen molar-refractivity contribution in [1.29, 1.82) is 0 Å². The van der Waals surface area contributed by atoms with E-state index < -0.39 is 10.9 Å². The number of benzene rings is 1. The Morgan fingerprint density at radius 2 is 2.20 bits per heavy atom. The average Bonchev–Trinajstić information content (AvgIpc) is 3.19. The van der Waals surface area contributed by atoms with Gasteiger partial charge in [0.1, 0.15) is 0 Å². The first-order chi connectivity index (χ1) is 9.47. The standard InChI is InChI=1S/C13H15ClN2O4/c14-10-2-1-9(12(7-10)16(19)20)8-15(11-3-4-11)6-5-13(17)18/h1-2,7,11H,3-6,8H2,(H,17,18). The highest BCUT2D eigenvalue weighted by molar-refractivity contribution is 6.30. The molecule has 1 aromatic rings. The predicted molar refractivity (Wildman–Crippen MR) is 73.8 cm³/mol. The Kier molecular flexibility index (Phi) is 4.57. The number of nitrogens with zero attached hydrogens (tertiary/aromatic N) is 2. The SMILES string of the molecule is O=C(O)CCN(Cc1ccc(Cl)cc1[N+](=O)[O-])C1CC1. The van der Waals surface area contributed by atoms with Gasteiger partial charge in [0.15, 0.2) is 0 Å². The lowest BCUT2D eigenvalue weighted by molar-refractivity contribution is -0.385. The Morgan fingerprint density at radius 3 is 2.75 bits per heavy atom. The summed E-state index contributed by atoms with van der Waals surface area (Å²) in [6.07, 6.45) is 2.07. The van der Waals surface area contributed by atoms with Crippen molar-refractivity contribution in [3.63, 3.8) is 0 Å². The van der Waals surface area contributed by atoms with Gasteiger partial charge in [0, 0.05) is 35.8 Å². The van der Waals surface area contributed by atoms with Crippen LogP contribution in [0.5, 0.6) is 0 Å². The minimum atomic E-state index is -0.860. The van der Waals surface area contributed by atoms with Crippen molar-refractivity contribution >= 4 is 23.3 Å². The second kappa shape index (κ2) is 6.19. The molecule has 0 saturated heterocycles. The van der Waals surface area contributed by atoms with Crippen LogP contribution in [0.2, 0.25) is 5.02 Å². The molecule has 2 rings (SSSR count). The maximum absolute atomic E-state index is 11.0. The van der Waals surface area contributed by atoms with Crippen LogP contribution >= 0.6 is 11.6 Å². The Morgan fingerprint density at radius 1 is 1.50 bits per heavy atom. The van der Waals surface area contributed by atoms with E-state index in [1.165, 1.54) is 6.07 Å². The number of nitro benzene ring substituents is 1. The molecule has 0 heterocycles. The number of halogens is 1. The molecule has 0 aromatic heterocycles. The zero-order chi connectivity index (χ0) is 14.7. The largest absolute Gasteiger partial charge is 0.481 e. The second-order valence-electron chi connectivity index (χ2n) is 4.88. The van der Waals surface area contributed by atoms with E-state index in [1.807, 2.05) is 4.90 Å². The van der Waals surface area contributed by atoms with E-state index in [0.29, 0.717) is 29.7 Å². The minimum absolute atomic E-state index is 0.0153. The zero-order valence-electron chi connectivity index (χ0n) is 10.8. The third-order valence-corrected chi connectivity index (χ3v) is 3.53. The molecular formula is C13H15ClN2O4. The highest BCUT2D eigenvalue weighted by Gasteiger charge is 2.30. The van der Waals surface area contributed by atoms with Crippen molar-refractivity contribution < 1.29 is 14.8 Å². The van der Waals surface area contributed by atoms with Crippen LogP contribution < -0.4 is 0 Å². The Balaban J connectivity index is 2.13. The highest BCUT2D eigenvalue weighted by Crippen LogP contribution is 2.31. The van der Waals surface area contributed by atoms with Crippen LogP contribution in [0.15, 0.2) is 18.2 Å². The summed E-state index contributed by atoms with van der Waals surface area (Å²) in [5, 5.41) is 20.1. The smallest absolute Gasteiger partial charge is 0.304 e. The fourth-order valence-corrected chi connectivity index (χ4v) is 2.30. The molecule has 0 amide bonds. The molecule has 0 spiro atoms. The van der Waals surface area contributed by atoms with Gasteiger partial charge in [-0.25, -0.2) is 0 Å². The molecule has 1 aliphatic carbocycles. The van der Waals surface area contributed by atoms with Crippen molar-refractivity contribution in [2.45, 2.75) is 31.8 Å². The van der Waals surface area contributed by atoms with E-state index in [1.54, 1.807) is 12.1 Å². The lowest BCUT2D eigenvalue weighted by atomic mass is 10.1. The van der Waals surface area contributed by atoms with E-state index in [-0.39, 0.29) is 12.1 Å². The topological polar surface area (TPSA) is 83.7 Å². The molecule has 108 valence electrons. The van der Waals surface area contributed by atoms with Crippen molar-refractivity contribution in [2.75, 3.05) is 6.54 Å². The minimum Gasteiger partial charge on any atom is -0.481 e. The number of carbonyl (C=O) groups is 1. The summed E-state index contributed by atoms with van der Waals surface area (Å²) in [7, 11) is 0. The molecule has 1 N–H and O–H groups in total. The van der Waals surface area contributed by atoms with Gasteiger partial charge in [-0.15, -0.1) is 0 Å². The van der Waals surface area contributed by atoms with Crippen LogP contribution in [-0.4, -0.2) is 33.5 Å². The summed E-state index contributed by atoms with van der Waals surface area (Å²) >= 11 is 5.78. The fraction of sp³-hybridized carbons (Fsp3) is 0.462. The third kappa shape index (κ3) is 3.91. The zero-order valence-corrected chi connectivity index (χ0v) is 11.5. The summed E-state index contributed by atoms with van der Waals surface area (Å²) in [6, 6.07) is 4.92. The summed E-state index contributed by atoms with van der Waals surface area (Å²) in [5.74, 6) is -0.860. The van der Waals surface area contributed by atoms with E-state index in [4.69, 9.17) is 16.7 Å². The van der Waals surface area contributed by atoms with Crippen molar-refractivity contribution in [2.24, 2.45) is 0 Å². The molecule has 0 unspecified atom stereocenters. The van der Waals surface area contributed by atoms with Crippen LogP contribution in [0.4, 0.5) is 5.69 Å². The normalized spacial score (nSPS) is 14.5. The summed E-state index contributed by atoms with van der Waals surface area (Å²) < 4.78 is 0. The molecule has 0 bridgehead atoms. The van der Waals surface area contributed by atoms with Crippen LogP contribution in [0, 0.1) is 10.1 Å². The number of nitro groups is 1. The first-order valence-electron chi connectivity index (χ1n) is 6.36. The van der Waals surface area contributed by atoms with E-state index in [9.17, 15) is 14.9 Å². The molecule has 0 radical (unpaired) electrons. The lowest BCUT2D eigenvalue weighted by Gasteiger charge is -2.21. The van der Waals surface area contributed by atoms with Crippen LogP contribution in [0.25, 0.3) is 0 Å². The van der Waals surface area contributed by atoms with Gasteiger partial charge in [-0.3, -0.25) is 19.8 Å². The third-order valence-electron chi connectivity index (χ3n) is 3.29. The van der Waals surface area contributed by atoms with Gasteiger partial charge in [-0.1, -0.05) is 11.6 Å². The Labute approximate surface area is 121 Å². The first-order valence-corrected chi connectivity index (χ1v) is 6.74. The van der Waals surface area contributed by atoms with Crippen molar-refractivity contribution in [1.82, 2.24) is 4.90 Å². The number of hydrogen-bond acceptors (Lipinski definition) is 4. The number of rotatable bonds is 7. The van der Waals surface area contributed by atoms with Gasteiger partial charge in [0.2, 0.25) is 0 Å². The molecule has 1 aromatic carbocycles. The van der Waals surface area contributed by atoms with Gasteiger partial charge < -0.3 is 5.11 Å². The van der Waals surface area contributed by atoms with E-state index in [0.717, 1.165) is 12.8 Å².